The van der Waals surface area contributed by atoms with Crippen LogP contribution < -0.4 is 5.32 Å². The molecule has 0 spiro atoms. The van der Waals surface area contributed by atoms with E-state index in [-0.39, 0.29) is 0 Å². The van der Waals surface area contributed by atoms with Crippen molar-refractivity contribution in [3.8, 4) is 33.4 Å². The molecule has 1 aliphatic heterocycles. The largest absolute Gasteiger partial charge is 0.355 e. The summed E-state index contributed by atoms with van der Waals surface area (Å²) in [5.74, 6) is 0. The fourth-order valence-electron chi connectivity index (χ4n) is 6.29. The molecule has 0 aliphatic carbocycles. The summed E-state index contributed by atoms with van der Waals surface area (Å²) in [5.41, 5.74) is 12.6. The molecule has 0 saturated carbocycles. The van der Waals surface area contributed by atoms with Crippen molar-refractivity contribution in [1.29, 1.82) is 0 Å². The van der Waals surface area contributed by atoms with Crippen LogP contribution in [0.25, 0.3) is 54.9 Å². The Morgan fingerprint density at radius 1 is 0.341 bits per heavy atom. The highest BCUT2D eigenvalue weighted by Gasteiger charge is 2.17. The second-order valence-corrected chi connectivity index (χ2v) is 11.0. The molecule has 0 radical (unpaired) electrons. The summed E-state index contributed by atoms with van der Waals surface area (Å²) in [6.45, 7) is 0. The fraction of sp³-hybridized carbons (Fsp3) is 0.0500. The Morgan fingerprint density at radius 3 is 1.51 bits per heavy atom. The zero-order valence-corrected chi connectivity index (χ0v) is 22.8. The van der Waals surface area contributed by atoms with Gasteiger partial charge in [0.25, 0.3) is 0 Å². The maximum absolute atomic E-state index is 3.86. The van der Waals surface area contributed by atoms with E-state index >= 15 is 0 Å². The Hall–Kier alpha value is -5.14. The number of anilines is 2. The summed E-state index contributed by atoms with van der Waals surface area (Å²) in [7, 11) is 0. The molecule has 0 aromatic heterocycles. The van der Waals surface area contributed by atoms with Crippen LogP contribution in [0.5, 0.6) is 0 Å². The molecule has 0 atom stereocenters. The van der Waals surface area contributed by atoms with Gasteiger partial charge in [-0.05, 0) is 109 Å². The molecule has 1 heteroatoms. The molecule has 0 saturated heterocycles. The van der Waals surface area contributed by atoms with Crippen LogP contribution in [0.2, 0.25) is 0 Å². The lowest BCUT2D eigenvalue weighted by molar-refractivity contribution is 0.978. The van der Waals surface area contributed by atoms with Gasteiger partial charge in [-0.3, -0.25) is 0 Å². The number of aryl methyl sites for hydroxylation is 2. The summed E-state index contributed by atoms with van der Waals surface area (Å²) in [6, 6.07) is 53.3. The van der Waals surface area contributed by atoms with Crippen molar-refractivity contribution in [3.63, 3.8) is 0 Å². The molecule has 7 aromatic rings. The van der Waals surface area contributed by atoms with Crippen LogP contribution in [0.4, 0.5) is 11.4 Å². The highest BCUT2D eigenvalue weighted by molar-refractivity contribution is 5.97. The first-order chi connectivity index (χ1) is 20.3. The molecule has 8 rings (SSSR count). The van der Waals surface area contributed by atoms with Crippen molar-refractivity contribution in [3.05, 3.63) is 157 Å². The van der Waals surface area contributed by atoms with Crippen LogP contribution in [0, 0.1) is 0 Å². The van der Waals surface area contributed by atoms with Gasteiger partial charge >= 0.3 is 0 Å². The van der Waals surface area contributed by atoms with E-state index in [0.29, 0.717) is 0 Å². The Kier molecular flexibility index (Phi) is 5.67. The lowest BCUT2D eigenvalue weighted by Crippen LogP contribution is -1.95. The summed E-state index contributed by atoms with van der Waals surface area (Å²) < 4.78 is 0. The molecule has 1 N–H and O–H groups in total. The Labute approximate surface area is 240 Å². The first kappa shape index (κ1) is 23.7. The standard InChI is InChI=1S/C40H29N/c1-2-9-28(10-3-1)37-23-32-12-6-7-13-33(32)24-38(37)36-21-18-30-16-15-29-17-20-35(25-39(29)41-40(30)26-36)34-19-14-27-8-4-5-11-31(27)22-34/h1-14,17-26,41H,15-16H2. The second-order valence-electron chi connectivity index (χ2n) is 11.0. The van der Waals surface area contributed by atoms with Crippen molar-refractivity contribution in [2.24, 2.45) is 0 Å². The molecular formula is C40H29N. The van der Waals surface area contributed by atoms with Gasteiger partial charge < -0.3 is 5.32 Å². The number of nitrogens with one attached hydrogen (secondary N) is 1. The van der Waals surface area contributed by atoms with E-state index in [2.05, 4.69) is 151 Å². The van der Waals surface area contributed by atoms with Gasteiger partial charge in [0.15, 0.2) is 0 Å². The number of rotatable bonds is 3. The molecule has 7 aromatic carbocycles. The minimum absolute atomic E-state index is 1.02. The zero-order valence-electron chi connectivity index (χ0n) is 22.8. The van der Waals surface area contributed by atoms with Crippen LogP contribution in [-0.4, -0.2) is 0 Å². The Balaban J connectivity index is 1.22. The average Bonchev–Trinajstić information content (AvgIpc) is 3.22. The monoisotopic (exact) mass is 523 g/mol. The maximum Gasteiger partial charge on any atom is 0.0423 e. The predicted molar refractivity (Wildman–Crippen MR) is 175 cm³/mol. The third kappa shape index (κ3) is 4.37. The maximum atomic E-state index is 3.86. The third-order valence-corrected chi connectivity index (χ3v) is 8.52. The average molecular weight is 524 g/mol. The predicted octanol–water partition coefficient (Wildman–Crippen LogP) is 10.8. The zero-order chi connectivity index (χ0) is 27.2. The molecule has 1 nitrogen and oxygen atoms in total. The molecule has 41 heavy (non-hydrogen) atoms. The van der Waals surface area contributed by atoms with Gasteiger partial charge in [-0.15, -0.1) is 0 Å². The topological polar surface area (TPSA) is 12.0 Å². The van der Waals surface area contributed by atoms with Crippen LogP contribution >= 0.6 is 0 Å². The van der Waals surface area contributed by atoms with E-state index in [0.717, 1.165) is 12.8 Å². The van der Waals surface area contributed by atoms with E-state index in [4.69, 9.17) is 0 Å². The molecule has 0 unspecified atom stereocenters. The number of benzene rings is 7. The van der Waals surface area contributed by atoms with Crippen molar-refractivity contribution in [2.75, 3.05) is 5.32 Å². The molecule has 194 valence electrons. The van der Waals surface area contributed by atoms with Gasteiger partial charge in [0.05, 0.1) is 0 Å². The Morgan fingerprint density at radius 2 is 0.829 bits per heavy atom. The van der Waals surface area contributed by atoms with Crippen molar-refractivity contribution in [1.82, 2.24) is 0 Å². The first-order valence-corrected chi connectivity index (χ1v) is 14.4. The van der Waals surface area contributed by atoms with Crippen molar-refractivity contribution < 1.29 is 0 Å². The van der Waals surface area contributed by atoms with Crippen LogP contribution in [0.1, 0.15) is 11.1 Å². The lowest BCUT2D eigenvalue weighted by atomic mass is 9.90. The van der Waals surface area contributed by atoms with Crippen LogP contribution in [-0.2, 0) is 12.8 Å². The third-order valence-electron chi connectivity index (χ3n) is 8.52. The van der Waals surface area contributed by atoms with E-state index in [1.54, 1.807) is 0 Å². The van der Waals surface area contributed by atoms with Gasteiger partial charge in [0.1, 0.15) is 0 Å². The van der Waals surface area contributed by atoms with Gasteiger partial charge in [-0.1, -0.05) is 115 Å². The van der Waals surface area contributed by atoms with Crippen LogP contribution in [0.3, 0.4) is 0 Å². The van der Waals surface area contributed by atoms with E-state index < -0.39 is 0 Å². The number of hydrogen-bond acceptors (Lipinski definition) is 1. The fourth-order valence-corrected chi connectivity index (χ4v) is 6.29. The minimum atomic E-state index is 1.02. The molecule has 0 bridgehead atoms. The Bertz CT molecular complexity index is 2070. The summed E-state index contributed by atoms with van der Waals surface area (Å²) in [5, 5.41) is 8.92. The van der Waals surface area contributed by atoms with Gasteiger partial charge in [0.2, 0.25) is 0 Å². The van der Waals surface area contributed by atoms with Gasteiger partial charge in [-0.25, -0.2) is 0 Å². The molecular weight excluding hydrogens is 494 g/mol. The minimum Gasteiger partial charge on any atom is -0.355 e. The molecule has 0 amide bonds. The highest BCUT2D eigenvalue weighted by Crippen LogP contribution is 2.40. The van der Waals surface area contributed by atoms with Gasteiger partial charge in [0, 0.05) is 11.4 Å². The quantitative estimate of drug-likeness (QED) is 0.243. The summed E-state index contributed by atoms with van der Waals surface area (Å²) in [4.78, 5) is 0. The molecule has 1 aliphatic rings. The number of hydrogen-bond donors (Lipinski definition) is 1. The summed E-state index contributed by atoms with van der Waals surface area (Å²) in [6.07, 6.45) is 2.05. The van der Waals surface area contributed by atoms with Crippen molar-refractivity contribution in [2.45, 2.75) is 12.8 Å². The lowest BCUT2D eigenvalue weighted by Gasteiger charge is -2.16. The normalized spacial score (nSPS) is 12.4. The van der Waals surface area contributed by atoms with E-state index in [9.17, 15) is 0 Å². The smallest absolute Gasteiger partial charge is 0.0423 e. The number of fused-ring (bicyclic) bond motifs is 4. The van der Waals surface area contributed by atoms with Crippen LogP contribution in [0.15, 0.2) is 146 Å². The SMILES string of the molecule is c1ccc(-c2cc3ccccc3cc2-c2ccc3c(c2)Nc2cc(-c4ccc5ccccc5c4)ccc2CC3)cc1. The first-order valence-electron chi connectivity index (χ1n) is 14.4. The van der Waals surface area contributed by atoms with Gasteiger partial charge in [-0.2, -0.15) is 0 Å². The van der Waals surface area contributed by atoms with E-state index in [1.807, 2.05) is 0 Å². The molecule has 0 fully saturated rings. The van der Waals surface area contributed by atoms with E-state index in [1.165, 1.54) is 77.4 Å². The van der Waals surface area contributed by atoms with Crippen molar-refractivity contribution >= 4 is 32.9 Å². The highest BCUT2D eigenvalue weighted by atomic mass is 14.9. The molecule has 1 heterocycles. The second kappa shape index (κ2) is 9.80. The summed E-state index contributed by atoms with van der Waals surface area (Å²) >= 11 is 0.